The van der Waals surface area contributed by atoms with E-state index in [0.717, 1.165) is 0 Å². The SMILES string of the molecule is O=C(O)c1cc(-c2cccc(Br)c2O)on1. The smallest absolute Gasteiger partial charge is 0.358 e. The summed E-state index contributed by atoms with van der Waals surface area (Å²) in [5.74, 6) is -0.990. The Hall–Kier alpha value is -1.82. The van der Waals surface area contributed by atoms with Crippen molar-refractivity contribution in [3.63, 3.8) is 0 Å². The molecule has 0 radical (unpaired) electrons. The van der Waals surface area contributed by atoms with Crippen LogP contribution in [0.5, 0.6) is 5.75 Å². The fourth-order valence-electron chi connectivity index (χ4n) is 1.22. The van der Waals surface area contributed by atoms with Crippen molar-refractivity contribution in [1.82, 2.24) is 5.16 Å². The van der Waals surface area contributed by atoms with Crippen LogP contribution < -0.4 is 0 Å². The lowest BCUT2D eigenvalue weighted by Crippen LogP contribution is -1.94. The second-order valence-corrected chi connectivity index (χ2v) is 3.87. The lowest BCUT2D eigenvalue weighted by Gasteiger charge is -2.01. The van der Waals surface area contributed by atoms with Gasteiger partial charge in [0.2, 0.25) is 0 Å². The van der Waals surface area contributed by atoms with Crippen molar-refractivity contribution >= 4 is 21.9 Å². The van der Waals surface area contributed by atoms with E-state index in [1.54, 1.807) is 18.2 Å². The van der Waals surface area contributed by atoms with Crippen molar-refractivity contribution in [2.45, 2.75) is 0 Å². The van der Waals surface area contributed by atoms with Gasteiger partial charge in [0.1, 0.15) is 5.75 Å². The summed E-state index contributed by atoms with van der Waals surface area (Å²) in [5.41, 5.74) is 0.184. The van der Waals surface area contributed by atoms with Crippen LogP contribution in [0.2, 0.25) is 0 Å². The minimum atomic E-state index is -1.18. The Morgan fingerprint density at radius 1 is 1.44 bits per heavy atom. The van der Waals surface area contributed by atoms with E-state index in [-0.39, 0.29) is 17.2 Å². The highest BCUT2D eigenvalue weighted by Gasteiger charge is 2.15. The fourth-order valence-corrected chi connectivity index (χ4v) is 1.58. The molecule has 2 rings (SSSR count). The Kier molecular flexibility index (Phi) is 2.66. The van der Waals surface area contributed by atoms with E-state index < -0.39 is 5.97 Å². The average molecular weight is 284 g/mol. The Labute approximate surface area is 98.4 Å². The van der Waals surface area contributed by atoms with Crippen LogP contribution in [-0.2, 0) is 0 Å². The van der Waals surface area contributed by atoms with E-state index in [1.165, 1.54) is 6.07 Å². The lowest BCUT2D eigenvalue weighted by molar-refractivity contribution is 0.0686. The number of phenolic OH excluding ortho intramolecular Hbond substituents is 1. The van der Waals surface area contributed by atoms with Crippen molar-refractivity contribution in [1.29, 1.82) is 0 Å². The number of nitrogens with zero attached hydrogens (tertiary/aromatic N) is 1. The Bertz CT molecular complexity index is 550. The van der Waals surface area contributed by atoms with E-state index in [9.17, 15) is 9.90 Å². The number of aromatic carboxylic acids is 1. The summed E-state index contributed by atoms with van der Waals surface area (Å²) < 4.78 is 5.33. The highest BCUT2D eigenvalue weighted by Crippen LogP contribution is 2.35. The van der Waals surface area contributed by atoms with Crippen molar-refractivity contribution in [3.8, 4) is 17.1 Å². The molecular formula is C10H6BrNO4. The van der Waals surface area contributed by atoms with Gasteiger partial charge in [-0.3, -0.25) is 0 Å². The van der Waals surface area contributed by atoms with Gasteiger partial charge in [-0.1, -0.05) is 11.2 Å². The summed E-state index contributed by atoms with van der Waals surface area (Å²) in [4.78, 5) is 10.6. The largest absolute Gasteiger partial charge is 0.506 e. The van der Waals surface area contributed by atoms with Crippen LogP contribution >= 0.6 is 15.9 Å². The molecule has 0 aliphatic carbocycles. The number of carbonyl (C=O) groups is 1. The number of phenols is 1. The number of rotatable bonds is 2. The number of carboxylic acids is 1. The third kappa shape index (κ3) is 1.79. The molecule has 2 N–H and O–H groups in total. The van der Waals surface area contributed by atoms with Gasteiger partial charge in [0.25, 0.3) is 0 Å². The third-order valence-corrected chi connectivity index (χ3v) is 2.62. The van der Waals surface area contributed by atoms with Crippen LogP contribution in [0.25, 0.3) is 11.3 Å². The van der Waals surface area contributed by atoms with Gasteiger partial charge in [0, 0.05) is 6.07 Å². The molecular weight excluding hydrogens is 278 g/mol. The van der Waals surface area contributed by atoms with Gasteiger partial charge in [-0.2, -0.15) is 0 Å². The summed E-state index contributed by atoms with van der Waals surface area (Å²) in [6.45, 7) is 0. The molecule has 1 aromatic carbocycles. The summed E-state index contributed by atoms with van der Waals surface area (Å²) in [6, 6.07) is 6.21. The van der Waals surface area contributed by atoms with E-state index in [0.29, 0.717) is 10.0 Å². The molecule has 6 heteroatoms. The summed E-state index contributed by atoms with van der Waals surface area (Å²) >= 11 is 3.15. The van der Waals surface area contributed by atoms with Crippen molar-refractivity contribution in [3.05, 3.63) is 34.4 Å². The minimum Gasteiger partial charge on any atom is -0.506 e. The lowest BCUT2D eigenvalue weighted by atomic mass is 10.1. The molecule has 0 unspecified atom stereocenters. The summed E-state index contributed by atoms with van der Waals surface area (Å²) in [6.07, 6.45) is 0. The number of halogens is 1. The first-order valence-corrected chi connectivity index (χ1v) is 5.06. The van der Waals surface area contributed by atoms with Crippen molar-refractivity contribution in [2.24, 2.45) is 0 Å². The van der Waals surface area contributed by atoms with Crippen LogP contribution in [0.15, 0.2) is 33.3 Å². The van der Waals surface area contributed by atoms with E-state index in [1.807, 2.05) is 0 Å². The molecule has 0 bridgehead atoms. The minimum absolute atomic E-state index is 0.0180. The van der Waals surface area contributed by atoms with E-state index in [2.05, 4.69) is 21.1 Å². The normalized spacial score (nSPS) is 10.3. The van der Waals surface area contributed by atoms with Gasteiger partial charge in [-0.05, 0) is 28.1 Å². The maximum Gasteiger partial charge on any atom is 0.358 e. The van der Waals surface area contributed by atoms with E-state index in [4.69, 9.17) is 9.63 Å². The topological polar surface area (TPSA) is 83.6 Å². The zero-order valence-corrected chi connectivity index (χ0v) is 9.43. The molecule has 0 aliphatic heterocycles. The molecule has 0 saturated carbocycles. The fraction of sp³-hybridized carbons (Fsp3) is 0. The molecule has 0 spiro atoms. The maximum atomic E-state index is 10.6. The third-order valence-electron chi connectivity index (χ3n) is 1.98. The molecule has 2 aromatic rings. The standard InChI is InChI=1S/C10H6BrNO4/c11-6-3-1-2-5(9(6)13)8-4-7(10(14)15)12-16-8/h1-4,13H,(H,14,15). The zero-order chi connectivity index (χ0) is 11.7. The highest BCUT2D eigenvalue weighted by molar-refractivity contribution is 9.10. The van der Waals surface area contributed by atoms with Crippen LogP contribution in [0.4, 0.5) is 0 Å². The van der Waals surface area contributed by atoms with Gasteiger partial charge >= 0.3 is 5.97 Å². The molecule has 5 nitrogen and oxygen atoms in total. The highest BCUT2D eigenvalue weighted by atomic mass is 79.9. The maximum absolute atomic E-state index is 10.6. The number of aromatic nitrogens is 1. The molecule has 0 saturated heterocycles. The molecule has 82 valence electrons. The number of hydrogen-bond donors (Lipinski definition) is 2. The number of aromatic hydroxyl groups is 1. The first-order chi connectivity index (χ1) is 7.59. The van der Waals surface area contributed by atoms with Crippen LogP contribution in [0.3, 0.4) is 0 Å². The number of carboxylic acid groups (broad SMARTS) is 1. The Morgan fingerprint density at radius 3 is 2.81 bits per heavy atom. The van der Waals surface area contributed by atoms with Crippen LogP contribution in [0, 0.1) is 0 Å². The second kappa shape index (κ2) is 3.97. The Morgan fingerprint density at radius 2 is 2.19 bits per heavy atom. The molecule has 16 heavy (non-hydrogen) atoms. The van der Waals surface area contributed by atoms with Gasteiger partial charge in [0.05, 0.1) is 10.0 Å². The van der Waals surface area contributed by atoms with Gasteiger partial charge in [0.15, 0.2) is 11.5 Å². The molecule has 0 aliphatic rings. The zero-order valence-electron chi connectivity index (χ0n) is 7.85. The number of para-hydroxylation sites is 1. The monoisotopic (exact) mass is 283 g/mol. The van der Waals surface area contributed by atoms with Crippen LogP contribution in [-0.4, -0.2) is 21.3 Å². The molecule has 0 amide bonds. The summed E-state index contributed by atoms with van der Waals surface area (Å²) in [5, 5.41) is 21.8. The van der Waals surface area contributed by atoms with Gasteiger partial charge in [-0.25, -0.2) is 4.79 Å². The van der Waals surface area contributed by atoms with Crippen LogP contribution in [0.1, 0.15) is 10.5 Å². The predicted molar refractivity (Wildman–Crippen MR) is 58.3 cm³/mol. The quantitative estimate of drug-likeness (QED) is 0.885. The first-order valence-electron chi connectivity index (χ1n) is 4.27. The molecule has 0 fully saturated rings. The molecule has 1 aromatic heterocycles. The van der Waals surface area contributed by atoms with Crippen molar-refractivity contribution < 1.29 is 19.5 Å². The molecule has 0 atom stereocenters. The van der Waals surface area contributed by atoms with E-state index >= 15 is 0 Å². The van der Waals surface area contributed by atoms with Gasteiger partial charge in [-0.15, -0.1) is 0 Å². The second-order valence-electron chi connectivity index (χ2n) is 3.02. The number of benzene rings is 1. The average Bonchev–Trinajstić information content (AvgIpc) is 2.71. The van der Waals surface area contributed by atoms with Gasteiger partial charge < -0.3 is 14.7 Å². The predicted octanol–water partition coefficient (Wildman–Crippen LogP) is 2.51. The molecule has 1 heterocycles. The summed E-state index contributed by atoms with van der Waals surface area (Å²) in [7, 11) is 0. The van der Waals surface area contributed by atoms with Crippen molar-refractivity contribution in [2.75, 3.05) is 0 Å². The first kappa shape index (κ1) is 10.7. The Balaban J connectivity index is 2.50. The number of hydrogen-bond acceptors (Lipinski definition) is 4.